The number of carbonyl (C=O) groups is 3. The third kappa shape index (κ3) is 3.40. The minimum Gasteiger partial charge on any atom is -0.461 e. The Balaban J connectivity index is 1.80. The van der Waals surface area contributed by atoms with Gasteiger partial charge < -0.3 is 19.9 Å². The zero-order valence-electron chi connectivity index (χ0n) is 14.0. The van der Waals surface area contributed by atoms with Gasteiger partial charge in [-0.2, -0.15) is 0 Å². The molecule has 130 valence electrons. The van der Waals surface area contributed by atoms with E-state index in [-0.39, 0.29) is 24.8 Å². The Kier molecular flexibility index (Phi) is 4.56. The Morgan fingerprint density at radius 3 is 2.88 bits per heavy atom. The molecule has 1 aromatic carbocycles. The number of nitrogens with one attached hydrogen (secondary N) is 2. The molecule has 2 N–H and O–H groups in total. The van der Waals surface area contributed by atoms with Crippen LogP contribution < -0.4 is 10.6 Å². The molecule has 0 saturated carbocycles. The number of esters is 1. The van der Waals surface area contributed by atoms with E-state index >= 15 is 0 Å². The number of benzene rings is 1. The van der Waals surface area contributed by atoms with Crippen molar-refractivity contribution in [3.8, 4) is 0 Å². The van der Waals surface area contributed by atoms with Gasteiger partial charge in [-0.1, -0.05) is 18.2 Å². The van der Waals surface area contributed by atoms with E-state index in [1.807, 2.05) is 18.2 Å². The van der Waals surface area contributed by atoms with E-state index in [4.69, 9.17) is 4.74 Å². The van der Waals surface area contributed by atoms with Gasteiger partial charge in [0.2, 0.25) is 11.8 Å². The van der Waals surface area contributed by atoms with Crippen LogP contribution in [0, 0.1) is 0 Å². The number of aromatic nitrogens is 1. The summed E-state index contributed by atoms with van der Waals surface area (Å²) < 4.78 is 6.57. The first kappa shape index (κ1) is 16.8. The smallest absolute Gasteiger partial charge is 0.355 e. The van der Waals surface area contributed by atoms with Gasteiger partial charge in [-0.15, -0.1) is 0 Å². The maximum Gasteiger partial charge on any atom is 0.355 e. The van der Waals surface area contributed by atoms with Crippen LogP contribution in [0.25, 0.3) is 0 Å². The number of amides is 2. The summed E-state index contributed by atoms with van der Waals surface area (Å²) in [6.07, 6.45) is 1.72. The van der Waals surface area contributed by atoms with E-state index < -0.39 is 11.9 Å². The number of aryl methyl sites for hydroxylation is 1. The number of hydrogen-bond acceptors (Lipinski definition) is 4. The summed E-state index contributed by atoms with van der Waals surface area (Å²) in [7, 11) is 1.70. The van der Waals surface area contributed by atoms with E-state index in [1.165, 1.54) is 0 Å². The lowest BCUT2D eigenvalue weighted by atomic mass is 9.90. The first-order valence-corrected chi connectivity index (χ1v) is 8.02. The van der Waals surface area contributed by atoms with Gasteiger partial charge in [0.05, 0.1) is 18.2 Å². The Bertz CT molecular complexity index is 841. The van der Waals surface area contributed by atoms with Crippen LogP contribution in [0.1, 0.15) is 35.3 Å². The van der Waals surface area contributed by atoms with Crippen molar-refractivity contribution < 1.29 is 19.1 Å². The van der Waals surface area contributed by atoms with E-state index in [0.717, 1.165) is 5.56 Å². The van der Waals surface area contributed by atoms with Crippen molar-refractivity contribution in [3.05, 3.63) is 47.8 Å². The number of ether oxygens (including phenoxy) is 1. The van der Waals surface area contributed by atoms with E-state index in [2.05, 4.69) is 10.6 Å². The molecule has 1 aliphatic rings. The molecule has 1 atom stereocenters. The third-order valence-corrected chi connectivity index (χ3v) is 4.07. The highest BCUT2D eigenvalue weighted by molar-refractivity contribution is 6.05. The van der Waals surface area contributed by atoms with Gasteiger partial charge in [0.15, 0.2) is 0 Å². The van der Waals surface area contributed by atoms with Crippen molar-refractivity contribution in [2.24, 2.45) is 7.05 Å². The summed E-state index contributed by atoms with van der Waals surface area (Å²) in [6.45, 7) is 2.01. The minimum absolute atomic E-state index is 0.0837. The van der Waals surface area contributed by atoms with Crippen molar-refractivity contribution in [1.82, 2.24) is 4.57 Å². The Labute approximate surface area is 145 Å². The second kappa shape index (κ2) is 6.80. The van der Waals surface area contributed by atoms with Crippen LogP contribution in [-0.2, 0) is 21.4 Å². The van der Waals surface area contributed by atoms with E-state index in [9.17, 15) is 14.4 Å². The maximum atomic E-state index is 12.7. The molecule has 3 rings (SSSR count). The fourth-order valence-corrected chi connectivity index (χ4v) is 2.92. The first-order chi connectivity index (χ1) is 12.0. The number of rotatable bonds is 4. The Hall–Kier alpha value is -3.09. The van der Waals surface area contributed by atoms with Crippen LogP contribution in [0.3, 0.4) is 0 Å². The van der Waals surface area contributed by atoms with Crippen LogP contribution in [0.15, 0.2) is 36.5 Å². The highest BCUT2D eigenvalue weighted by Crippen LogP contribution is 2.33. The fourth-order valence-electron chi connectivity index (χ4n) is 2.92. The lowest BCUT2D eigenvalue weighted by molar-refractivity contribution is -0.123. The van der Waals surface area contributed by atoms with E-state index in [0.29, 0.717) is 17.1 Å². The fraction of sp³-hybridized carbons (Fsp3) is 0.278. The Morgan fingerprint density at radius 1 is 1.36 bits per heavy atom. The molecule has 7 nitrogen and oxygen atoms in total. The molecule has 1 aromatic heterocycles. The van der Waals surface area contributed by atoms with Crippen LogP contribution in [0.4, 0.5) is 11.4 Å². The SMILES string of the molecule is CCOC(=O)c1cc(NC(=O)C2CC(=O)Nc3ccccc32)cn1C. The number of carbonyl (C=O) groups excluding carboxylic acids is 3. The van der Waals surface area contributed by atoms with Gasteiger partial charge in [0.1, 0.15) is 5.69 Å². The first-order valence-electron chi connectivity index (χ1n) is 8.02. The minimum atomic E-state index is -0.573. The van der Waals surface area contributed by atoms with Crippen molar-refractivity contribution in [1.29, 1.82) is 0 Å². The van der Waals surface area contributed by atoms with Crippen molar-refractivity contribution in [2.75, 3.05) is 17.2 Å². The van der Waals surface area contributed by atoms with Crippen molar-refractivity contribution in [3.63, 3.8) is 0 Å². The lowest BCUT2D eigenvalue weighted by Gasteiger charge is -2.24. The number of nitrogens with zero attached hydrogens (tertiary/aromatic N) is 1. The third-order valence-electron chi connectivity index (χ3n) is 4.07. The summed E-state index contributed by atoms with van der Waals surface area (Å²) in [5, 5.41) is 5.55. The second-order valence-electron chi connectivity index (χ2n) is 5.83. The topological polar surface area (TPSA) is 89.4 Å². The normalized spacial score (nSPS) is 15.9. The number of hydrogen-bond donors (Lipinski definition) is 2. The van der Waals surface area contributed by atoms with Crippen LogP contribution in [0.5, 0.6) is 0 Å². The molecule has 2 heterocycles. The molecule has 0 fully saturated rings. The zero-order valence-corrected chi connectivity index (χ0v) is 14.0. The summed E-state index contributed by atoms with van der Waals surface area (Å²) in [6, 6.07) is 8.80. The van der Waals surface area contributed by atoms with Crippen LogP contribution in [-0.4, -0.2) is 29.0 Å². The molecule has 1 unspecified atom stereocenters. The molecular weight excluding hydrogens is 322 g/mol. The number of para-hydroxylation sites is 1. The summed E-state index contributed by atoms with van der Waals surface area (Å²) in [4.78, 5) is 36.4. The summed E-state index contributed by atoms with van der Waals surface area (Å²) in [5.41, 5.74) is 2.26. The van der Waals surface area contributed by atoms with Crippen LogP contribution in [0.2, 0.25) is 0 Å². The molecule has 2 aromatic rings. The standard InChI is InChI=1S/C18H19N3O4/c1-3-25-18(24)15-8-11(10-21(15)2)19-17(23)13-9-16(22)20-14-7-5-4-6-12(13)14/h4-8,10,13H,3,9H2,1-2H3,(H,19,23)(H,20,22). The molecule has 0 aliphatic carbocycles. The highest BCUT2D eigenvalue weighted by Gasteiger charge is 2.30. The highest BCUT2D eigenvalue weighted by atomic mass is 16.5. The number of fused-ring (bicyclic) bond motifs is 1. The average molecular weight is 341 g/mol. The molecule has 0 spiro atoms. The molecule has 25 heavy (non-hydrogen) atoms. The largest absolute Gasteiger partial charge is 0.461 e. The van der Waals surface area contributed by atoms with Gasteiger partial charge in [-0.05, 0) is 24.6 Å². The predicted octanol–water partition coefficient (Wildman–Crippen LogP) is 2.27. The van der Waals surface area contributed by atoms with Gasteiger partial charge in [0.25, 0.3) is 0 Å². The van der Waals surface area contributed by atoms with Gasteiger partial charge in [-0.25, -0.2) is 4.79 Å². The summed E-state index contributed by atoms with van der Waals surface area (Å²) >= 11 is 0. The quantitative estimate of drug-likeness (QED) is 0.835. The molecule has 0 bridgehead atoms. The van der Waals surface area contributed by atoms with Crippen molar-refractivity contribution in [2.45, 2.75) is 19.3 Å². The molecule has 7 heteroatoms. The second-order valence-corrected chi connectivity index (χ2v) is 5.83. The molecule has 1 aliphatic heterocycles. The van der Waals surface area contributed by atoms with Crippen LogP contribution >= 0.6 is 0 Å². The number of anilines is 2. The Morgan fingerprint density at radius 2 is 2.12 bits per heavy atom. The van der Waals surface area contributed by atoms with Gasteiger partial charge in [0, 0.05) is 25.4 Å². The molecule has 0 saturated heterocycles. The van der Waals surface area contributed by atoms with Crippen molar-refractivity contribution >= 4 is 29.2 Å². The zero-order chi connectivity index (χ0) is 18.0. The lowest BCUT2D eigenvalue weighted by Crippen LogP contribution is -2.30. The monoisotopic (exact) mass is 341 g/mol. The van der Waals surface area contributed by atoms with Gasteiger partial charge in [-0.3, -0.25) is 9.59 Å². The molecule has 2 amide bonds. The predicted molar refractivity (Wildman–Crippen MR) is 92.4 cm³/mol. The summed E-state index contributed by atoms with van der Waals surface area (Å²) in [5.74, 6) is -1.51. The molecular formula is C18H19N3O4. The molecule has 0 radical (unpaired) electrons. The maximum absolute atomic E-state index is 12.7. The van der Waals surface area contributed by atoms with E-state index in [1.54, 1.807) is 36.9 Å². The average Bonchev–Trinajstić information content (AvgIpc) is 2.94. The van der Waals surface area contributed by atoms with Gasteiger partial charge >= 0.3 is 5.97 Å².